The highest BCUT2D eigenvalue weighted by molar-refractivity contribution is 5.55. The molecule has 3 N–H and O–H groups in total. The number of nitrogens with zero attached hydrogens (tertiary/aromatic N) is 2. The summed E-state index contributed by atoms with van der Waals surface area (Å²) in [5.41, 5.74) is 6.36. The number of aromatic hydroxyl groups is 1. The van der Waals surface area contributed by atoms with Gasteiger partial charge in [-0.25, -0.2) is 4.39 Å². The zero-order valence-corrected chi connectivity index (χ0v) is 10.9. The van der Waals surface area contributed by atoms with Crippen molar-refractivity contribution >= 4 is 0 Å². The number of phenolic OH excluding ortho intramolecular Hbond substituents is 1. The van der Waals surface area contributed by atoms with Crippen molar-refractivity contribution in [2.75, 3.05) is 0 Å². The number of halogens is 1. The van der Waals surface area contributed by atoms with E-state index in [1.54, 1.807) is 6.07 Å². The van der Waals surface area contributed by atoms with Gasteiger partial charge in [0.25, 0.3) is 0 Å². The molecule has 20 heavy (non-hydrogen) atoms. The van der Waals surface area contributed by atoms with Crippen molar-refractivity contribution in [2.45, 2.75) is 37.6 Å². The van der Waals surface area contributed by atoms with E-state index >= 15 is 0 Å². The third kappa shape index (κ3) is 2.51. The van der Waals surface area contributed by atoms with Crippen LogP contribution >= 0.6 is 0 Å². The predicted molar refractivity (Wildman–Crippen MR) is 70.5 cm³/mol. The number of benzene rings is 1. The number of aromatic nitrogens is 2. The smallest absolute Gasteiger partial charge is 0.230 e. The molecule has 0 bridgehead atoms. The van der Waals surface area contributed by atoms with E-state index in [0.717, 1.165) is 25.7 Å². The highest BCUT2D eigenvalue weighted by Crippen LogP contribution is 2.32. The van der Waals surface area contributed by atoms with Crippen LogP contribution in [0, 0.1) is 5.82 Å². The van der Waals surface area contributed by atoms with Crippen LogP contribution in [0.5, 0.6) is 5.75 Å². The normalized spacial score (nSPS) is 22.9. The molecule has 1 fully saturated rings. The van der Waals surface area contributed by atoms with Crippen LogP contribution in [0.3, 0.4) is 0 Å². The number of rotatable bonds is 2. The molecule has 2 aromatic rings. The minimum Gasteiger partial charge on any atom is -0.505 e. The summed E-state index contributed by atoms with van der Waals surface area (Å²) in [7, 11) is 0. The molecule has 1 aromatic heterocycles. The van der Waals surface area contributed by atoms with Gasteiger partial charge in [-0.15, -0.1) is 0 Å². The van der Waals surface area contributed by atoms with Crippen molar-refractivity contribution in [3.8, 4) is 17.1 Å². The SMILES string of the molecule is NC1CCC(c2nc(-c3ccc(O)c(F)c3)no2)CC1. The van der Waals surface area contributed by atoms with Gasteiger partial charge < -0.3 is 15.4 Å². The first kappa shape index (κ1) is 13.1. The maximum absolute atomic E-state index is 13.3. The molecule has 1 aliphatic rings. The van der Waals surface area contributed by atoms with Gasteiger partial charge in [-0.3, -0.25) is 0 Å². The minimum atomic E-state index is -0.697. The van der Waals surface area contributed by atoms with Gasteiger partial charge in [0, 0.05) is 17.5 Å². The van der Waals surface area contributed by atoms with Crippen molar-refractivity contribution in [1.29, 1.82) is 0 Å². The summed E-state index contributed by atoms with van der Waals surface area (Å²) in [6, 6.07) is 4.30. The van der Waals surface area contributed by atoms with E-state index < -0.39 is 11.6 Å². The van der Waals surface area contributed by atoms with Gasteiger partial charge in [0.05, 0.1) is 0 Å². The monoisotopic (exact) mass is 277 g/mol. The average Bonchev–Trinajstić information content (AvgIpc) is 2.92. The van der Waals surface area contributed by atoms with Crippen LogP contribution in [0.2, 0.25) is 0 Å². The Bertz CT molecular complexity index is 606. The summed E-state index contributed by atoms with van der Waals surface area (Å²) < 4.78 is 18.6. The van der Waals surface area contributed by atoms with Crippen molar-refractivity contribution in [3.63, 3.8) is 0 Å². The molecule has 0 saturated heterocycles. The first-order valence-electron chi connectivity index (χ1n) is 6.71. The summed E-state index contributed by atoms with van der Waals surface area (Å²) >= 11 is 0. The van der Waals surface area contributed by atoms with Crippen LogP contribution in [-0.4, -0.2) is 21.3 Å². The number of hydrogen-bond donors (Lipinski definition) is 2. The summed E-state index contributed by atoms with van der Waals surface area (Å²) in [6.45, 7) is 0. The molecule has 3 rings (SSSR count). The summed E-state index contributed by atoms with van der Waals surface area (Å²) in [6.07, 6.45) is 3.78. The standard InChI is InChI=1S/C14H16FN3O2/c15-11-7-9(3-6-12(11)19)13-17-14(20-18-13)8-1-4-10(16)5-2-8/h3,6-8,10,19H,1-2,4-5,16H2. The lowest BCUT2D eigenvalue weighted by atomic mass is 9.86. The van der Waals surface area contributed by atoms with Gasteiger partial charge in [0.15, 0.2) is 11.6 Å². The second-order valence-corrected chi connectivity index (χ2v) is 5.23. The Hall–Kier alpha value is -1.95. The molecule has 0 aliphatic heterocycles. The molecule has 0 radical (unpaired) electrons. The van der Waals surface area contributed by atoms with E-state index in [1.165, 1.54) is 12.1 Å². The number of phenols is 1. The first-order valence-corrected chi connectivity index (χ1v) is 6.71. The molecule has 1 saturated carbocycles. The second-order valence-electron chi connectivity index (χ2n) is 5.23. The lowest BCUT2D eigenvalue weighted by Gasteiger charge is -2.22. The third-order valence-corrected chi connectivity index (χ3v) is 3.77. The maximum atomic E-state index is 13.3. The van der Waals surface area contributed by atoms with Gasteiger partial charge in [0.1, 0.15) is 0 Å². The highest BCUT2D eigenvalue weighted by atomic mass is 19.1. The molecule has 0 unspecified atom stereocenters. The third-order valence-electron chi connectivity index (χ3n) is 3.77. The largest absolute Gasteiger partial charge is 0.505 e. The van der Waals surface area contributed by atoms with E-state index in [9.17, 15) is 9.50 Å². The Balaban J connectivity index is 1.81. The zero-order chi connectivity index (χ0) is 14.1. The minimum absolute atomic E-state index is 0.234. The average molecular weight is 277 g/mol. The molecule has 0 amide bonds. The first-order chi connectivity index (χ1) is 9.63. The fraction of sp³-hybridized carbons (Fsp3) is 0.429. The van der Waals surface area contributed by atoms with Gasteiger partial charge in [-0.2, -0.15) is 4.98 Å². The van der Waals surface area contributed by atoms with E-state index in [2.05, 4.69) is 10.1 Å². The summed E-state index contributed by atoms with van der Waals surface area (Å²) in [5, 5.41) is 13.1. The number of nitrogens with two attached hydrogens (primary N) is 1. The summed E-state index contributed by atoms with van der Waals surface area (Å²) in [5.74, 6) is 0.0726. The van der Waals surface area contributed by atoms with Crippen LogP contribution in [0.15, 0.2) is 22.7 Å². The summed E-state index contributed by atoms with van der Waals surface area (Å²) in [4.78, 5) is 4.33. The van der Waals surface area contributed by atoms with E-state index in [-0.39, 0.29) is 12.0 Å². The van der Waals surface area contributed by atoms with Gasteiger partial charge in [0.2, 0.25) is 11.7 Å². The molecular formula is C14H16FN3O2. The quantitative estimate of drug-likeness (QED) is 0.881. The topological polar surface area (TPSA) is 85.2 Å². The van der Waals surface area contributed by atoms with Gasteiger partial charge >= 0.3 is 0 Å². The molecule has 1 heterocycles. The fourth-order valence-electron chi connectivity index (χ4n) is 2.53. The Morgan fingerprint density at radius 3 is 2.70 bits per heavy atom. The molecule has 0 atom stereocenters. The van der Waals surface area contributed by atoms with Crippen LogP contribution < -0.4 is 5.73 Å². The molecular weight excluding hydrogens is 261 g/mol. The molecule has 5 nitrogen and oxygen atoms in total. The Kier molecular flexibility index (Phi) is 3.40. The lowest BCUT2D eigenvalue weighted by molar-refractivity contribution is 0.301. The van der Waals surface area contributed by atoms with Crippen molar-refractivity contribution in [2.24, 2.45) is 5.73 Å². The maximum Gasteiger partial charge on any atom is 0.230 e. The van der Waals surface area contributed by atoms with E-state index in [0.29, 0.717) is 17.3 Å². The molecule has 1 aliphatic carbocycles. The van der Waals surface area contributed by atoms with Crippen molar-refractivity contribution in [3.05, 3.63) is 29.9 Å². The fourth-order valence-corrected chi connectivity index (χ4v) is 2.53. The molecule has 6 heteroatoms. The van der Waals surface area contributed by atoms with E-state index in [1.807, 2.05) is 0 Å². The predicted octanol–water partition coefficient (Wildman–Crippen LogP) is 2.57. The van der Waals surface area contributed by atoms with Crippen LogP contribution in [0.25, 0.3) is 11.4 Å². The van der Waals surface area contributed by atoms with Crippen LogP contribution in [-0.2, 0) is 0 Å². The second kappa shape index (κ2) is 5.20. The molecule has 106 valence electrons. The van der Waals surface area contributed by atoms with E-state index in [4.69, 9.17) is 10.3 Å². The molecule has 0 spiro atoms. The van der Waals surface area contributed by atoms with Crippen molar-refractivity contribution < 1.29 is 14.0 Å². The van der Waals surface area contributed by atoms with Gasteiger partial charge in [-0.05, 0) is 43.9 Å². The van der Waals surface area contributed by atoms with Crippen molar-refractivity contribution in [1.82, 2.24) is 10.1 Å². The van der Waals surface area contributed by atoms with Crippen LogP contribution in [0.4, 0.5) is 4.39 Å². The zero-order valence-electron chi connectivity index (χ0n) is 10.9. The lowest BCUT2D eigenvalue weighted by Crippen LogP contribution is -2.25. The number of hydrogen-bond acceptors (Lipinski definition) is 5. The Morgan fingerprint density at radius 1 is 1.25 bits per heavy atom. The van der Waals surface area contributed by atoms with Gasteiger partial charge in [-0.1, -0.05) is 5.16 Å². The highest BCUT2D eigenvalue weighted by Gasteiger charge is 2.25. The van der Waals surface area contributed by atoms with Crippen LogP contribution in [0.1, 0.15) is 37.5 Å². The Labute approximate surface area is 115 Å². The Morgan fingerprint density at radius 2 is 2.00 bits per heavy atom. The molecule has 1 aromatic carbocycles.